The molecular weight excluding hydrogens is 500 g/mol. The monoisotopic (exact) mass is 546 g/mol. The highest BCUT2D eigenvalue weighted by Crippen LogP contribution is 2.26. The van der Waals surface area contributed by atoms with Crippen LogP contribution in [0, 0.1) is 0 Å². The smallest absolute Gasteiger partial charge is 0.187 e. The summed E-state index contributed by atoms with van der Waals surface area (Å²) in [6, 6.07) is 0. The lowest BCUT2D eigenvalue weighted by Crippen LogP contribution is -2.61. The van der Waals surface area contributed by atoms with E-state index in [0.717, 1.165) is 24.8 Å². The molecule has 2 fully saturated rings. The highest BCUT2D eigenvalue weighted by Gasteiger charge is 2.46. The lowest BCUT2D eigenvalue weighted by Gasteiger charge is -2.42. The molecule has 0 spiro atoms. The van der Waals surface area contributed by atoms with Crippen LogP contribution in [-0.4, -0.2) is 116 Å². The van der Waals surface area contributed by atoms with E-state index in [9.17, 15) is 35.7 Å². The Balaban J connectivity index is 1.83. The first-order chi connectivity index (χ1) is 17.8. The number of allylic oxidation sites excluding steroid dienone is 3. The summed E-state index contributed by atoms with van der Waals surface area (Å²) in [4.78, 5) is 0. The van der Waals surface area contributed by atoms with Crippen LogP contribution in [0.1, 0.15) is 53.4 Å². The van der Waals surface area contributed by atoms with E-state index in [2.05, 4.69) is 12.7 Å². The molecule has 0 saturated carbocycles. The topological polar surface area (TPSA) is 179 Å². The fourth-order valence-corrected chi connectivity index (χ4v) is 4.17. The zero-order valence-electron chi connectivity index (χ0n) is 22.7. The second kappa shape index (κ2) is 15.0. The lowest BCUT2D eigenvalue weighted by atomic mass is 9.98. The third-order valence-electron chi connectivity index (χ3n) is 6.99. The molecule has 2 aliphatic rings. The van der Waals surface area contributed by atoms with Gasteiger partial charge in [0.05, 0.1) is 24.9 Å². The van der Waals surface area contributed by atoms with Crippen LogP contribution in [0.5, 0.6) is 0 Å². The average molecular weight is 547 g/mol. The van der Waals surface area contributed by atoms with E-state index < -0.39 is 67.0 Å². The molecule has 0 aromatic carbocycles. The Labute approximate surface area is 224 Å². The average Bonchev–Trinajstić information content (AvgIpc) is 2.87. The van der Waals surface area contributed by atoms with E-state index in [-0.39, 0.29) is 13.2 Å². The molecule has 0 unspecified atom stereocenters. The van der Waals surface area contributed by atoms with Gasteiger partial charge in [-0.3, -0.25) is 0 Å². The lowest BCUT2D eigenvalue weighted by molar-refractivity contribution is -0.327. The van der Waals surface area contributed by atoms with Crippen LogP contribution in [0.4, 0.5) is 0 Å². The summed E-state index contributed by atoms with van der Waals surface area (Å²) in [6.07, 6.45) is -4.72. The van der Waals surface area contributed by atoms with Crippen molar-refractivity contribution in [3.05, 3.63) is 36.0 Å². The van der Waals surface area contributed by atoms with Gasteiger partial charge >= 0.3 is 0 Å². The van der Waals surface area contributed by atoms with Crippen molar-refractivity contribution in [2.45, 2.75) is 120 Å². The van der Waals surface area contributed by atoms with E-state index in [1.165, 1.54) is 18.6 Å². The Hall–Kier alpha value is -1.22. The molecular formula is C27H46O11. The molecule has 0 bridgehead atoms. The first kappa shape index (κ1) is 33.0. The van der Waals surface area contributed by atoms with Gasteiger partial charge in [0, 0.05) is 0 Å². The van der Waals surface area contributed by atoms with Gasteiger partial charge in [-0.05, 0) is 53.4 Å². The summed E-state index contributed by atoms with van der Waals surface area (Å²) >= 11 is 0. The summed E-state index contributed by atoms with van der Waals surface area (Å²) in [5.41, 5.74) is 1.21. The molecule has 2 rings (SSSR count). The highest BCUT2D eigenvalue weighted by atomic mass is 16.7. The quantitative estimate of drug-likeness (QED) is 0.155. The summed E-state index contributed by atoms with van der Waals surface area (Å²) in [5.74, 6) is 0. The molecule has 0 radical (unpaired) electrons. The largest absolute Gasteiger partial charge is 0.388 e. The first-order valence-corrected chi connectivity index (χ1v) is 13.1. The van der Waals surface area contributed by atoms with Gasteiger partial charge in [0.25, 0.3) is 0 Å². The minimum atomic E-state index is -1.56. The molecule has 0 amide bonds. The predicted molar refractivity (Wildman–Crippen MR) is 138 cm³/mol. The minimum Gasteiger partial charge on any atom is -0.388 e. The van der Waals surface area contributed by atoms with Crippen molar-refractivity contribution in [3.8, 4) is 0 Å². The standard InChI is InChI=1S/C27H46O11/c1-6-27(5,34)12-8-11-15(2)9-7-10-16(3)13-35-26-24(33)22(31)20(29)18(38-26)14-36-25-23(32)21(30)19(28)17(4)37-25/h6,10-11,17-26,28-34H,1,7-9,12-14H2,2-5H3/b15-11+,16-10+/t17-,18+,19-,20+,21+,22-,23+,24+,25+,26+,27-/m0/s1. The van der Waals surface area contributed by atoms with Gasteiger partial charge in [-0.1, -0.05) is 29.4 Å². The highest BCUT2D eigenvalue weighted by molar-refractivity contribution is 5.05. The van der Waals surface area contributed by atoms with Crippen LogP contribution < -0.4 is 0 Å². The van der Waals surface area contributed by atoms with E-state index >= 15 is 0 Å². The van der Waals surface area contributed by atoms with Crippen LogP contribution in [0.25, 0.3) is 0 Å². The molecule has 7 N–H and O–H groups in total. The Morgan fingerprint density at radius 3 is 2.03 bits per heavy atom. The predicted octanol–water partition coefficient (Wildman–Crippen LogP) is 0.0447. The fraction of sp³-hybridized carbons (Fsp3) is 0.778. The molecule has 0 aliphatic carbocycles. The molecule has 38 heavy (non-hydrogen) atoms. The van der Waals surface area contributed by atoms with Gasteiger partial charge in [-0.2, -0.15) is 0 Å². The zero-order valence-corrected chi connectivity index (χ0v) is 22.7. The van der Waals surface area contributed by atoms with Crippen LogP contribution in [-0.2, 0) is 18.9 Å². The van der Waals surface area contributed by atoms with Crippen molar-refractivity contribution in [2.24, 2.45) is 0 Å². The summed E-state index contributed by atoms with van der Waals surface area (Å²) in [6.45, 7) is 10.5. The molecule has 0 aromatic heterocycles. The van der Waals surface area contributed by atoms with Crippen LogP contribution in [0.15, 0.2) is 36.0 Å². The normalized spacial score (nSPS) is 38.6. The molecule has 220 valence electrons. The molecule has 11 atom stereocenters. The van der Waals surface area contributed by atoms with Crippen LogP contribution in [0.3, 0.4) is 0 Å². The maximum Gasteiger partial charge on any atom is 0.187 e. The van der Waals surface area contributed by atoms with Crippen molar-refractivity contribution in [1.82, 2.24) is 0 Å². The first-order valence-electron chi connectivity index (χ1n) is 13.1. The Morgan fingerprint density at radius 2 is 1.39 bits per heavy atom. The Kier molecular flexibility index (Phi) is 13.0. The van der Waals surface area contributed by atoms with Crippen molar-refractivity contribution >= 4 is 0 Å². The summed E-state index contributed by atoms with van der Waals surface area (Å²) in [7, 11) is 0. The number of aliphatic hydroxyl groups excluding tert-OH is 6. The van der Waals surface area contributed by atoms with Crippen molar-refractivity contribution in [1.29, 1.82) is 0 Å². The van der Waals surface area contributed by atoms with E-state index in [4.69, 9.17) is 18.9 Å². The second-order valence-electron chi connectivity index (χ2n) is 10.6. The fourth-order valence-electron chi connectivity index (χ4n) is 4.17. The van der Waals surface area contributed by atoms with Crippen LogP contribution >= 0.6 is 0 Å². The summed E-state index contributed by atoms with van der Waals surface area (Å²) < 4.78 is 22.1. The molecule has 2 saturated heterocycles. The number of hydrogen-bond acceptors (Lipinski definition) is 11. The van der Waals surface area contributed by atoms with E-state index in [0.29, 0.717) is 6.42 Å². The Morgan fingerprint density at radius 1 is 0.816 bits per heavy atom. The zero-order chi connectivity index (χ0) is 28.6. The van der Waals surface area contributed by atoms with Gasteiger partial charge in [0.1, 0.15) is 42.7 Å². The van der Waals surface area contributed by atoms with Gasteiger partial charge in [-0.15, -0.1) is 6.58 Å². The number of hydrogen-bond donors (Lipinski definition) is 7. The second-order valence-corrected chi connectivity index (χ2v) is 10.6. The van der Waals surface area contributed by atoms with Gasteiger partial charge in [0.15, 0.2) is 12.6 Å². The van der Waals surface area contributed by atoms with Crippen molar-refractivity contribution < 1.29 is 54.7 Å². The Bertz CT molecular complexity index is 798. The minimum absolute atomic E-state index is 0.120. The van der Waals surface area contributed by atoms with E-state index in [1.807, 2.05) is 19.9 Å². The summed E-state index contributed by atoms with van der Waals surface area (Å²) in [5, 5.41) is 70.8. The number of rotatable bonds is 13. The molecule has 2 aliphatic heterocycles. The van der Waals surface area contributed by atoms with Gasteiger partial charge in [0.2, 0.25) is 0 Å². The molecule has 2 heterocycles. The maximum absolute atomic E-state index is 10.3. The van der Waals surface area contributed by atoms with Gasteiger partial charge < -0.3 is 54.7 Å². The number of ether oxygens (including phenoxy) is 4. The molecule has 0 aromatic rings. The molecule has 11 heteroatoms. The third-order valence-corrected chi connectivity index (χ3v) is 6.99. The molecule has 11 nitrogen and oxygen atoms in total. The van der Waals surface area contributed by atoms with Crippen LogP contribution in [0.2, 0.25) is 0 Å². The van der Waals surface area contributed by atoms with E-state index in [1.54, 1.807) is 6.92 Å². The van der Waals surface area contributed by atoms with Gasteiger partial charge in [-0.25, -0.2) is 0 Å². The SMILES string of the molecule is C=C[C@](C)(O)CC/C=C(\C)CC/C=C(\C)CO[C@@H]1O[C@H](CO[C@@H]2O[C@@H](C)[C@H](O)[C@@H](O)[C@H]2O)[C@@H](O)[C@H](O)[C@H]1O. The van der Waals surface area contributed by atoms with Crippen molar-refractivity contribution in [3.63, 3.8) is 0 Å². The van der Waals surface area contributed by atoms with Crippen molar-refractivity contribution in [2.75, 3.05) is 13.2 Å². The maximum atomic E-state index is 10.3. The number of aliphatic hydroxyl groups is 7. The third kappa shape index (κ3) is 9.46.